The summed E-state index contributed by atoms with van der Waals surface area (Å²) in [5.74, 6) is 0. The van der Waals surface area contributed by atoms with Crippen LogP contribution in [0, 0.1) is 0 Å². The lowest BCUT2D eigenvalue weighted by Crippen LogP contribution is -2.41. The van der Waals surface area contributed by atoms with Gasteiger partial charge >= 0.3 is 16.3 Å². The number of hydrogen-bond acceptors (Lipinski definition) is 5. The molecule has 0 heterocycles. The summed E-state index contributed by atoms with van der Waals surface area (Å²) in [6.45, 7) is 3.37. The molecule has 0 aliphatic heterocycles. The largest absolute Gasteiger partial charge is 0.446 e. The van der Waals surface area contributed by atoms with Crippen molar-refractivity contribution in [1.82, 2.24) is 9.44 Å². The Balaban J connectivity index is 3.96. The average Bonchev–Trinajstić information content (AvgIpc) is 2.09. The van der Waals surface area contributed by atoms with E-state index in [1.807, 2.05) is 0 Å². The third-order valence-corrected chi connectivity index (χ3v) is 2.68. The molecule has 0 fully saturated rings. The van der Waals surface area contributed by atoms with Crippen molar-refractivity contribution in [2.24, 2.45) is 5.73 Å². The minimum absolute atomic E-state index is 0.141. The number of thiocarbonyl (C=S) groups is 1. The molecule has 9 heteroatoms. The molecule has 7 nitrogen and oxygen atoms in total. The first-order valence-corrected chi connectivity index (χ1v) is 6.88. The second-order valence-electron chi connectivity index (χ2n) is 3.52. The van der Waals surface area contributed by atoms with Crippen LogP contribution >= 0.6 is 12.2 Å². The molecule has 17 heavy (non-hydrogen) atoms. The highest BCUT2D eigenvalue weighted by Gasteiger charge is 2.15. The molecule has 0 aliphatic rings. The smallest absolute Gasteiger partial charge is 0.422 e. The van der Waals surface area contributed by atoms with Gasteiger partial charge in [0.1, 0.15) is 0 Å². The number of amides is 1. The summed E-state index contributed by atoms with van der Waals surface area (Å²) in [7, 11) is -3.88. The lowest BCUT2D eigenvalue weighted by Gasteiger charge is -2.10. The zero-order valence-electron chi connectivity index (χ0n) is 9.73. The quantitative estimate of drug-likeness (QED) is 0.449. The van der Waals surface area contributed by atoms with E-state index < -0.39 is 16.3 Å². The highest BCUT2D eigenvalue weighted by Crippen LogP contribution is 1.91. The van der Waals surface area contributed by atoms with Gasteiger partial charge in [-0.3, -0.25) is 0 Å². The Kier molecular flexibility index (Phi) is 7.00. The fraction of sp³-hybridized carbons (Fsp3) is 0.750. The first-order chi connectivity index (χ1) is 7.73. The average molecular weight is 283 g/mol. The summed E-state index contributed by atoms with van der Waals surface area (Å²) >= 11 is 4.63. The summed E-state index contributed by atoms with van der Waals surface area (Å²) < 4.78 is 31.1. The van der Waals surface area contributed by atoms with Crippen LogP contribution in [0.3, 0.4) is 0 Å². The zero-order chi connectivity index (χ0) is 13.5. The molecule has 0 aromatic rings. The summed E-state index contributed by atoms with van der Waals surface area (Å²) in [6.07, 6.45) is -0.495. The van der Waals surface area contributed by atoms with Gasteiger partial charge in [-0.15, -0.1) is 0 Å². The molecule has 1 amide bonds. The third-order valence-electron chi connectivity index (χ3n) is 1.45. The van der Waals surface area contributed by atoms with Crippen molar-refractivity contribution in [3.05, 3.63) is 0 Å². The van der Waals surface area contributed by atoms with Crippen molar-refractivity contribution in [2.45, 2.75) is 32.8 Å². The van der Waals surface area contributed by atoms with Gasteiger partial charge in [-0.1, -0.05) is 12.2 Å². The molecule has 0 rings (SSSR count). The Morgan fingerprint density at radius 3 is 2.53 bits per heavy atom. The Morgan fingerprint density at radius 2 is 2.06 bits per heavy atom. The van der Waals surface area contributed by atoms with Crippen LogP contribution in [0.1, 0.15) is 26.7 Å². The van der Waals surface area contributed by atoms with Gasteiger partial charge in [0, 0.05) is 6.54 Å². The van der Waals surface area contributed by atoms with Crippen LogP contribution in [-0.4, -0.2) is 32.1 Å². The van der Waals surface area contributed by atoms with Crippen LogP contribution in [0.25, 0.3) is 0 Å². The van der Waals surface area contributed by atoms with Gasteiger partial charge in [0.05, 0.1) is 11.1 Å². The van der Waals surface area contributed by atoms with Gasteiger partial charge < -0.3 is 10.5 Å². The molecule has 0 saturated carbocycles. The lowest BCUT2D eigenvalue weighted by molar-refractivity contribution is 0.121. The molecule has 0 spiro atoms. The maximum Gasteiger partial charge on any atom is 0.422 e. The van der Waals surface area contributed by atoms with Crippen molar-refractivity contribution in [3.63, 3.8) is 0 Å². The van der Waals surface area contributed by atoms with E-state index in [0.717, 1.165) is 0 Å². The van der Waals surface area contributed by atoms with Crippen molar-refractivity contribution >= 4 is 33.5 Å². The molecule has 4 N–H and O–H groups in total. The molecule has 0 aliphatic carbocycles. The van der Waals surface area contributed by atoms with Gasteiger partial charge in [-0.25, -0.2) is 9.52 Å². The van der Waals surface area contributed by atoms with Gasteiger partial charge in [0.15, 0.2) is 0 Å². The zero-order valence-corrected chi connectivity index (χ0v) is 11.4. The van der Waals surface area contributed by atoms with Crippen molar-refractivity contribution in [1.29, 1.82) is 0 Å². The predicted molar refractivity (Wildman–Crippen MR) is 67.7 cm³/mol. The van der Waals surface area contributed by atoms with Crippen molar-refractivity contribution in [3.8, 4) is 0 Å². The summed E-state index contributed by atoms with van der Waals surface area (Å²) in [5.41, 5.74) is 5.24. The van der Waals surface area contributed by atoms with Crippen LogP contribution in [0.15, 0.2) is 0 Å². The van der Waals surface area contributed by atoms with Crippen LogP contribution in [0.5, 0.6) is 0 Å². The second-order valence-corrected chi connectivity index (χ2v) is 5.55. The van der Waals surface area contributed by atoms with Crippen LogP contribution in [0.2, 0.25) is 0 Å². The Hall–Kier alpha value is -0.930. The monoisotopic (exact) mass is 283 g/mol. The van der Waals surface area contributed by atoms with E-state index in [2.05, 4.69) is 21.7 Å². The summed E-state index contributed by atoms with van der Waals surface area (Å²) in [4.78, 5) is 11.3. The molecule has 0 bridgehead atoms. The molecular formula is C8H17N3O4S2. The fourth-order valence-electron chi connectivity index (χ4n) is 0.853. The summed E-state index contributed by atoms with van der Waals surface area (Å²) in [5, 5.41) is 0. The normalized spacial score (nSPS) is 11.2. The van der Waals surface area contributed by atoms with Crippen LogP contribution in [-0.2, 0) is 14.9 Å². The molecule has 0 saturated heterocycles. The SMILES string of the molecule is CC(C)OC(=O)NS(=O)(=O)NCCCC(N)=S. The lowest BCUT2D eigenvalue weighted by atomic mass is 10.3. The van der Waals surface area contributed by atoms with Gasteiger partial charge in [0.2, 0.25) is 0 Å². The molecule has 100 valence electrons. The van der Waals surface area contributed by atoms with E-state index in [1.165, 1.54) is 0 Å². The minimum atomic E-state index is -3.88. The number of rotatable bonds is 7. The van der Waals surface area contributed by atoms with E-state index in [4.69, 9.17) is 5.73 Å². The number of nitrogens with two attached hydrogens (primary N) is 1. The van der Waals surface area contributed by atoms with Crippen LogP contribution < -0.4 is 15.2 Å². The van der Waals surface area contributed by atoms with Gasteiger partial charge in [-0.05, 0) is 26.7 Å². The van der Waals surface area contributed by atoms with Crippen molar-refractivity contribution in [2.75, 3.05) is 6.54 Å². The van der Waals surface area contributed by atoms with E-state index >= 15 is 0 Å². The van der Waals surface area contributed by atoms with Crippen LogP contribution in [0.4, 0.5) is 4.79 Å². The van der Waals surface area contributed by atoms with Crippen molar-refractivity contribution < 1.29 is 17.9 Å². The first-order valence-electron chi connectivity index (χ1n) is 4.99. The highest BCUT2D eigenvalue weighted by atomic mass is 32.2. The predicted octanol–water partition coefficient (Wildman–Crippen LogP) is 0.0217. The highest BCUT2D eigenvalue weighted by molar-refractivity contribution is 7.88. The van der Waals surface area contributed by atoms with E-state index in [1.54, 1.807) is 18.6 Å². The number of hydrogen-bond donors (Lipinski definition) is 3. The second kappa shape index (κ2) is 7.41. The van der Waals surface area contributed by atoms with E-state index in [0.29, 0.717) is 17.8 Å². The number of carbonyl (C=O) groups excluding carboxylic acids is 1. The maximum absolute atomic E-state index is 11.3. The van der Waals surface area contributed by atoms with Gasteiger partial charge in [-0.2, -0.15) is 13.1 Å². The summed E-state index contributed by atoms with van der Waals surface area (Å²) in [6, 6.07) is 0. The Bertz CT molecular complexity index is 367. The number of nitrogens with one attached hydrogen (secondary N) is 2. The van der Waals surface area contributed by atoms with Gasteiger partial charge in [0.25, 0.3) is 0 Å². The molecule has 0 radical (unpaired) electrons. The third kappa shape index (κ3) is 9.97. The molecule has 0 unspecified atom stereocenters. The molecule has 0 aromatic heterocycles. The standard InChI is InChI=1S/C8H17N3O4S2/c1-6(2)15-8(12)11-17(13,14)10-5-3-4-7(9)16/h6,10H,3-5H2,1-2H3,(H2,9,16)(H,11,12). The molecular weight excluding hydrogens is 266 g/mol. The van der Waals surface area contributed by atoms with E-state index in [9.17, 15) is 13.2 Å². The first kappa shape index (κ1) is 16.1. The Labute approximate surface area is 106 Å². The molecule has 0 atom stereocenters. The topological polar surface area (TPSA) is 111 Å². The molecule has 0 aromatic carbocycles. The maximum atomic E-state index is 11.3. The number of ether oxygens (including phenoxy) is 1. The Morgan fingerprint density at radius 1 is 1.47 bits per heavy atom. The fourth-order valence-corrected chi connectivity index (χ4v) is 1.75. The minimum Gasteiger partial charge on any atom is -0.446 e. The number of carbonyl (C=O) groups is 1. The van der Waals surface area contributed by atoms with E-state index in [-0.39, 0.29) is 12.6 Å².